The minimum atomic E-state index is -3.59. The van der Waals surface area contributed by atoms with Crippen molar-refractivity contribution in [2.24, 2.45) is 0 Å². The lowest BCUT2D eigenvalue weighted by atomic mass is 10.1. The summed E-state index contributed by atoms with van der Waals surface area (Å²) >= 11 is 7.30. The number of aryl methyl sites for hydroxylation is 1. The maximum absolute atomic E-state index is 13.1. The fourth-order valence-electron chi connectivity index (χ4n) is 3.35. The molecule has 0 saturated heterocycles. The molecule has 0 unspecified atom stereocenters. The molecule has 1 heterocycles. The third-order valence-corrected chi connectivity index (χ3v) is 8.77. The van der Waals surface area contributed by atoms with Crippen molar-refractivity contribution in [3.63, 3.8) is 0 Å². The van der Waals surface area contributed by atoms with Gasteiger partial charge in [0.05, 0.1) is 11.3 Å². The van der Waals surface area contributed by atoms with Gasteiger partial charge in [-0.3, -0.25) is 0 Å². The maximum Gasteiger partial charge on any atom is 0.338 e. The number of carbonyl (C=O) groups is 1. The molecule has 0 radical (unpaired) electrons. The monoisotopic (exact) mass is 470 g/mol. The molecule has 158 valence electrons. The predicted octanol–water partition coefficient (Wildman–Crippen LogP) is 6.19. The Bertz CT molecular complexity index is 1360. The van der Waals surface area contributed by atoms with E-state index < -0.39 is 15.8 Å². The zero-order valence-corrected chi connectivity index (χ0v) is 19.1. The average Bonchev–Trinajstić information content (AvgIpc) is 3.09. The van der Waals surface area contributed by atoms with Gasteiger partial charge in [0, 0.05) is 9.72 Å². The zero-order valence-electron chi connectivity index (χ0n) is 16.7. The Balaban J connectivity index is 1.54. The van der Waals surface area contributed by atoms with Crippen molar-refractivity contribution in [1.82, 2.24) is 0 Å². The summed E-state index contributed by atoms with van der Waals surface area (Å²) in [5.74, 6) is -0.690. The van der Waals surface area contributed by atoms with E-state index in [-0.39, 0.29) is 12.4 Å². The molecule has 0 aliphatic carbocycles. The Morgan fingerprint density at radius 1 is 0.968 bits per heavy atom. The summed E-state index contributed by atoms with van der Waals surface area (Å²) in [6.45, 7) is 1.95. The number of carbonyl (C=O) groups excluding carboxylic acids is 1. The van der Waals surface area contributed by atoms with Crippen molar-refractivity contribution in [1.29, 1.82) is 0 Å². The highest BCUT2D eigenvalue weighted by Gasteiger charge is 2.23. The van der Waals surface area contributed by atoms with Crippen LogP contribution in [-0.2, 0) is 26.9 Å². The number of ether oxygens (including phenoxy) is 1. The van der Waals surface area contributed by atoms with Gasteiger partial charge in [-0.2, -0.15) is 0 Å². The SMILES string of the molecule is Cc1c(S(=O)(=O)Cc2cccc(C(=O)OCc3ccccc3)c2)sc2ccc(Cl)cc12. The summed E-state index contributed by atoms with van der Waals surface area (Å²) in [5.41, 5.74) is 2.43. The van der Waals surface area contributed by atoms with Gasteiger partial charge < -0.3 is 4.74 Å². The Morgan fingerprint density at radius 3 is 2.48 bits per heavy atom. The Morgan fingerprint density at radius 2 is 1.71 bits per heavy atom. The summed E-state index contributed by atoms with van der Waals surface area (Å²) < 4.78 is 32.8. The lowest BCUT2D eigenvalue weighted by Crippen LogP contribution is -2.08. The summed E-state index contributed by atoms with van der Waals surface area (Å²) in [6.07, 6.45) is 0. The van der Waals surface area contributed by atoms with Crippen molar-refractivity contribution >= 4 is 48.8 Å². The van der Waals surface area contributed by atoms with E-state index in [9.17, 15) is 13.2 Å². The fraction of sp³-hybridized carbons (Fsp3) is 0.125. The van der Waals surface area contributed by atoms with Crippen molar-refractivity contribution in [3.8, 4) is 0 Å². The highest BCUT2D eigenvalue weighted by atomic mass is 35.5. The van der Waals surface area contributed by atoms with Gasteiger partial charge in [-0.05, 0) is 59.3 Å². The molecule has 0 amide bonds. The lowest BCUT2D eigenvalue weighted by Gasteiger charge is -2.08. The van der Waals surface area contributed by atoms with Gasteiger partial charge in [0.1, 0.15) is 10.8 Å². The first-order valence-electron chi connectivity index (χ1n) is 9.55. The maximum atomic E-state index is 13.1. The van der Waals surface area contributed by atoms with Crippen LogP contribution in [0.4, 0.5) is 0 Å². The number of hydrogen-bond acceptors (Lipinski definition) is 5. The summed E-state index contributed by atoms with van der Waals surface area (Å²) in [7, 11) is -3.59. The molecule has 0 saturated carbocycles. The molecule has 1 aromatic heterocycles. The number of sulfone groups is 1. The molecular weight excluding hydrogens is 452 g/mol. The van der Waals surface area contributed by atoms with E-state index in [0.29, 0.717) is 25.9 Å². The molecule has 4 aromatic rings. The molecule has 0 N–H and O–H groups in total. The first kappa shape index (κ1) is 21.6. The molecule has 0 spiro atoms. The predicted molar refractivity (Wildman–Crippen MR) is 124 cm³/mol. The van der Waals surface area contributed by atoms with E-state index >= 15 is 0 Å². The Kier molecular flexibility index (Phi) is 6.14. The van der Waals surface area contributed by atoms with Crippen LogP contribution in [0.25, 0.3) is 10.1 Å². The lowest BCUT2D eigenvalue weighted by molar-refractivity contribution is 0.0472. The quantitative estimate of drug-likeness (QED) is 0.315. The number of fused-ring (bicyclic) bond motifs is 1. The van der Waals surface area contributed by atoms with Crippen LogP contribution >= 0.6 is 22.9 Å². The standard InChI is InChI=1S/C24H19ClO4S2/c1-16-21-13-20(25)10-11-22(21)30-24(16)31(27,28)15-18-8-5-9-19(12-18)23(26)29-14-17-6-3-2-4-7-17/h2-13H,14-15H2,1H3. The van der Waals surface area contributed by atoms with Gasteiger partial charge in [-0.1, -0.05) is 54.1 Å². The summed E-state index contributed by atoms with van der Waals surface area (Å²) in [5, 5.41) is 1.41. The molecule has 0 aliphatic rings. The Hall–Kier alpha value is -2.67. The van der Waals surface area contributed by atoms with E-state index in [4.69, 9.17) is 16.3 Å². The number of benzene rings is 3. The normalized spacial score (nSPS) is 11.5. The van der Waals surface area contributed by atoms with Gasteiger partial charge in [0.2, 0.25) is 0 Å². The van der Waals surface area contributed by atoms with Crippen molar-refractivity contribution in [2.75, 3.05) is 0 Å². The fourth-order valence-corrected chi connectivity index (χ4v) is 6.72. The number of thiophene rings is 1. The molecule has 4 rings (SSSR count). The van der Waals surface area contributed by atoms with Crippen LogP contribution in [0.3, 0.4) is 0 Å². The topological polar surface area (TPSA) is 60.4 Å². The van der Waals surface area contributed by atoms with E-state index in [1.165, 1.54) is 11.3 Å². The number of halogens is 1. The van der Waals surface area contributed by atoms with E-state index in [1.54, 1.807) is 43.3 Å². The molecule has 0 bridgehead atoms. The van der Waals surface area contributed by atoms with Crippen LogP contribution < -0.4 is 0 Å². The van der Waals surface area contributed by atoms with Crippen LogP contribution in [0.15, 0.2) is 77.0 Å². The molecular formula is C24H19ClO4S2. The van der Waals surface area contributed by atoms with Crippen molar-refractivity contribution < 1.29 is 17.9 Å². The molecule has 3 aromatic carbocycles. The van der Waals surface area contributed by atoms with Gasteiger partial charge >= 0.3 is 5.97 Å². The minimum Gasteiger partial charge on any atom is -0.457 e. The number of rotatable bonds is 6. The first-order chi connectivity index (χ1) is 14.8. The van der Waals surface area contributed by atoms with E-state index in [0.717, 1.165) is 15.6 Å². The van der Waals surface area contributed by atoms with Gasteiger partial charge in [0.25, 0.3) is 0 Å². The molecule has 31 heavy (non-hydrogen) atoms. The highest BCUT2D eigenvalue weighted by molar-refractivity contribution is 7.93. The van der Waals surface area contributed by atoms with Gasteiger partial charge in [-0.15, -0.1) is 11.3 Å². The van der Waals surface area contributed by atoms with Crippen LogP contribution in [0.2, 0.25) is 5.02 Å². The molecule has 0 aliphatic heterocycles. The second-order valence-electron chi connectivity index (χ2n) is 7.18. The van der Waals surface area contributed by atoms with Crippen LogP contribution in [0.5, 0.6) is 0 Å². The Labute approximate surface area is 190 Å². The van der Waals surface area contributed by atoms with E-state index in [1.807, 2.05) is 36.4 Å². The second kappa shape index (κ2) is 8.83. The molecule has 0 atom stereocenters. The minimum absolute atomic E-state index is 0.158. The van der Waals surface area contributed by atoms with Crippen molar-refractivity contribution in [3.05, 3.63) is 100 Å². The molecule has 4 nitrogen and oxygen atoms in total. The third kappa shape index (κ3) is 4.82. The van der Waals surface area contributed by atoms with Gasteiger partial charge in [0.15, 0.2) is 9.84 Å². The summed E-state index contributed by atoms with van der Waals surface area (Å²) in [4.78, 5) is 12.4. The highest BCUT2D eigenvalue weighted by Crippen LogP contribution is 2.37. The van der Waals surface area contributed by atoms with Crippen molar-refractivity contribution in [2.45, 2.75) is 23.5 Å². The van der Waals surface area contributed by atoms with Crippen LogP contribution in [0.1, 0.15) is 27.0 Å². The largest absolute Gasteiger partial charge is 0.457 e. The smallest absolute Gasteiger partial charge is 0.338 e. The van der Waals surface area contributed by atoms with E-state index in [2.05, 4.69) is 0 Å². The van der Waals surface area contributed by atoms with Crippen LogP contribution in [-0.4, -0.2) is 14.4 Å². The number of esters is 1. The van der Waals surface area contributed by atoms with Gasteiger partial charge in [-0.25, -0.2) is 13.2 Å². The summed E-state index contributed by atoms with van der Waals surface area (Å²) in [6, 6.07) is 21.3. The zero-order chi connectivity index (χ0) is 22.0. The second-order valence-corrected chi connectivity index (χ2v) is 10.8. The average molecular weight is 471 g/mol. The number of hydrogen-bond donors (Lipinski definition) is 0. The third-order valence-electron chi connectivity index (χ3n) is 4.87. The molecule has 0 fully saturated rings. The first-order valence-corrected chi connectivity index (χ1v) is 12.4. The van der Waals surface area contributed by atoms with Crippen LogP contribution in [0, 0.1) is 6.92 Å². The molecule has 7 heteroatoms.